The van der Waals surface area contributed by atoms with Gasteiger partial charge in [-0.1, -0.05) is 30.3 Å². The van der Waals surface area contributed by atoms with Gasteiger partial charge in [-0.25, -0.2) is 4.39 Å². The van der Waals surface area contributed by atoms with E-state index in [9.17, 15) is 14.0 Å². The molecule has 112 valence electrons. The average molecular weight is 299 g/mol. The van der Waals surface area contributed by atoms with Crippen LogP contribution >= 0.6 is 0 Å². The molecule has 1 heterocycles. The summed E-state index contributed by atoms with van der Waals surface area (Å²) in [7, 11) is 0. The summed E-state index contributed by atoms with van der Waals surface area (Å²) >= 11 is 0. The van der Waals surface area contributed by atoms with Crippen LogP contribution in [0, 0.1) is 5.82 Å². The maximum atomic E-state index is 13.8. The summed E-state index contributed by atoms with van der Waals surface area (Å²) in [4.78, 5) is 26.0. The standard InChI is InChI=1S/C17H14FNO3/c1-11-16(20)19(10-12-6-2-4-8-14(12)18)17(21)13-7-3-5-9-15(13)22-11/h2-9,11H,10H2,1H3. The Hall–Kier alpha value is -2.69. The van der Waals surface area contributed by atoms with Gasteiger partial charge < -0.3 is 4.74 Å². The molecule has 1 unspecified atom stereocenters. The van der Waals surface area contributed by atoms with E-state index >= 15 is 0 Å². The number of carbonyl (C=O) groups is 2. The van der Waals surface area contributed by atoms with Gasteiger partial charge in [0.05, 0.1) is 12.1 Å². The van der Waals surface area contributed by atoms with E-state index in [1.807, 2.05) is 0 Å². The molecule has 0 fully saturated rings. The van der Waals surface area contributed by atoms with E-state index in [4.69, 9.17) is 4.74 Å². The number of hydrogen-bond acceptors (Lipinski definition) is 3. The molecule has 2 aromatic rings. The molecular formula is C17H14FNO3. The zero-order chi connectivity index (χ0) is 15.7. The Balaban J connectivity index is 2.01. The second-order valence-electron chi connectivity index (χ2n) is 5.08. The van der Waals surface area contributed by atoms with Crippen LogP contribution in [0.2, 0.25) is 0 Å². The van der Waals surface area contributed by atoms with Crippen molar-refractivity contribution in [2.45, 2.75) is 19.6 Å². The van der Waals surface area contributed by atoms with Gasteiger partial charge in [0.2, 0.25) is 0 Å². The molecule has 1 aliphatic heterocycles. The number of fused-ring (bicyclic) bond motifs is 1. The van der Waals surface area contributed by atoms with E-state index in [-0.39, 0.29) is 12.1 Å². The van der Waals surface area contributed by atoms with E-state index < -0.39 is 23.7 Å². The third-order valence-corrected chi connectivity index (χ3v) is 3.57. The highest BCUT2D eigenvalue weighted by atomic mass is 19.1. The fourth-order valence-electron chi connectivity index (χ4n) is 2.40. The zero-order valence-corrected chi connectivity index (χ0v) is 12.0. The molecule has 5 heteroatoms. The Morgan fingerprint density at radius 1 is 1.09 bits per heavy atom. The topological polar surface area (TPSA) is 46.6 Å². The van der Waals surface area contributed by atoms with Gasteiger partial charge >= 0.3 is 0 Å². The summed E-state index contributed by atoms with van der Waals surface area (Å²) in [6.45, 7) is 1.46. The fraction of sp³-hybridized carbons (Fsp3) is 0.176. The number of nitrogens with zero attached hydrogens (tertiary/aromatic N) is 1. The first-order valence-electron chi connectivity index (χ1n) is 6.92. The van der Waals surface area contributed by atoms with E-state index in [0.717, 1.165) is 4.90 Å². The zero-order valence-electron chi connectivity index (χ0n) is 12.0. The van der Waals surface area contributed by atoms with Crippen LogP contribution in [-0.4, -0.2) is 22.8 Å². The van der Waals surface area contributed by atoms with Crippen LogP contribution in [0.15, 0.2) is 48.5 Å². The normalized spacial score (nSPS) is 17.7. The molecule has 4 nitrogen and oxygen atoms in total. The van der Waals surface area contributed by atoms with Crippen molar-refractivity contribution in [1.29, 1.82) is 0 Å². The Bertz CT molecular complexity index is 744. The summed E-state index contributed by atoms with van der Waals surface area (Å²) in [6.07, 6.45) is -0.806. The van der Waals surface area contributed by atoms with Crippen molar-refractivity contribution in [2.75, 3.05) is 0 Å². The molecule has 0 radical (unpaired) electrons. The lowest BCUT2D eigenvalue weighted by molar-refractivity contribution is -0.135. The van der Waals surface area contributed by atoms with Gasteiger partial charge in [0, 0.05) is 5.56 Å². The molecular weight excluding hydrogens is 285 g/mol. The first kappa shape index (κ1) is 14.3. The highest BCUT2D eigenvalue weighted by molar-refractivity contribution is 6.08. The molecule has 0 aliphatic carbocycles. The van der Waals surface area contributed by atoms with Crippen molar-refractivity contribution in [3.63, 3.8) is 0 Å². The first-order chi connectivity index (χ1) is 10.6. The van der Waals surface area contributed by atoms with Crippen molar-refractivity contribution < 1.29 is 18.7 Å². The van der Waals surface area contributed by atoms with E-state index in [0.29, 0.717) is 11.3 Å². The molecule has 1 aliphatic rings. The lowest BCUT2D eigenvalue weighted by Crippen LogP contribution is -2.41. The predicted octanol–water partition coefficient (Wildman–Crippen LogP) is 2.78. The number of amides is 2. The minimum absolute atomic E-state index is 0.119. The number of ether oxygens (including phenoxy) is 1. The number of hydrogen-bond donors (Lipinski definition) is 0. The minimum Gasteiger partial charge on any atom is -0.480 e. The largest absolute Gasteiger partial charge is 0.480 e. The third-order valence-electron chi connectivity index (χ3n) is 3.57. The highest BCUT2D eigenvalue weighted by Gasteiger charge is 2.34. The summed E-state index contributed by atoms with van der Waals surface area (Å²) in [5, 5.41) is 0. The van der Waals surface area contributed by atoms with Crippen LogP contribution in [0.3, 0.4) is 0 Å². The second kappa shape index (κ2) is 5.60. The van der Waals surface area contributed by atoms with Crippen LogP contribution in [-0.2, 0) is 11.3 Å². The molecule has 1 atom stereocenters. The predicted molar refractivity (Wildman–Crippen MR) is 77.8 cm³/mol. The van der Waals surface area contributed by atoms with Gasteiger partial charge in [-0.15, -0.1) is 0 Å². The molecule has 0 saturated heterocycles. The van der Waals surface area contributed by atoms with Crippen LogP contribution in [0.4, 0.5) is 4.39 Å². The molecule has 0 N–H and O–H groups in total. The SMILES string of the molecule is CC1Oc2ccccc2C(=O)N(Cc2ccccc2F)C1=O. The van der Waals surface area contributed by atoms with Crippen molar-refractivity contribution >= 4 is 11.8 Å². The smallest absolute Gasteiger partial charge is 0.270 e. The van der Waals surface area contributed by atoms with E-state index in [2.05, 4.69) is 0 Å². The molecule has 0 saturated carbocycles. The lowest BCUT2D eigenvalue weighted by atomic mass is 10.1. The minimum atomic E-state index is -0.806. The van der Waals surface area contributed by atoms with Gasteiger partial charge in [0.25, 0.3) is 11.8 Å². The van der Waals surface area contributed by atoms with Crippen LogP contribution < -0.4 is 4.74 Å². The summed E-state index contributed by atoms with van der Waals surface area (Å²) in [6, 6.07) is 12.7. The number of carbonyl (C=O) groups excluding carboxylic acids is 2. The monoisotopic (exact) mass is 299 g/mol. The van der Waals surface area contributed by atoms with E-state index in [1.54, 1.807) is 49.4 Å². The number of rotatable bonds is 2. The molecule has 22 heavy (non-hydrogen) atoms. The maximum Gasteiger partial charge on any atom is 0.270 e. The Kier molecular flexibility index (Phi) is 3.63. The van der Waals surface area contributed by atoms with Gasteiger partial charge in [0.1, 0.15) is 11.6 Å². The highest BCUT2D eigenvalue weighted by Crippen LogP contribution is 2.26. The molecule has 0 aromatic heterocycles. The van der Waals surface area contributed by atoms with Crippen LogP contribution in [0.25, 0.3) is 0 Å². The summed E-state index contributed by atoms with van der Waals surface area (Å²) < 4.78 is 19.3. The number of benzene rings is 2. The van der Waals surface area contributed by atoms with Crippen molar-refractivity contribution in [1.82, 2.24) is 4.90 Å². The Labute approximate surface area is 127 Å². The van der Waals surface area contributed by atoms with Crippen LogP contribution in [0.5, 0.6) is 5.75 Å². The van der Waals surface area contributed by atoms with Crippen molar-refractivity contribution in [3.05, 3.63) is 65.5 Å². The van der Waals surface area contributed by atoms with Gasteiger partial charge in [-0.05, 0) is 25.1 Å². The molecule has 0 spiro atoms. The van der Waals surface area contributed by atoms with E-state index in [1.165, 1.54) is 6.07 Å². The number of halogens is 1. The lowest BCUT2D eigenvalue weighted by Gasteiger charge is -2.20. The first-order valence-corrected chi connectivity index (χ1v) is 6.92. The van der Waals surface area contributed by atoms with Crippen LogP contribution in [0.1, 0.15) is 22.8 Å². The Morgan fingerprint density at radius 3 is 2.55 bits per heavy atom. The quantitative estimate of drug-likeness (QED) is 0.801. The third kappa shape index (κ3) is 2.45. The number of para-hydroxylation sites is 1. The van der Waals surface area contributed by atoms with Gasteiger partial charge in [0.15, 0.2) is 6.10 Å². The average Bonchev–Trinajstić information content (AvgIpc) is 2.61. The number of imide groups is 1. The molecule has 2 aromatic carbocycles. The second-order valence-corrected chi connectivity index (χ2v) is 5.08. The van der Waals surface area contributed by atoms with Crippen molar-refractivity contribution in [2.24, 2.45) is 0 Å². The van der Waals surface area contributed by atoms with Gasteiger partial charge in [-0.3, -0.25) is 14.5 Å². The summed E-state index contributed by atoms with van der Waals surface area (Å²) in [5.74, 6) is -1.05. The van der Waals surface area contributed by atoms with Crippen molar-refractivity contribution in [3.8, 4) is 5.75 Å². The fourth-order valence-corrected chi connectivity index (χ4v) is 2.40. The maximum absolute atomic E-state index is 13.8. The molecule has 2 amide bonds. The van der Waals surface area contributed by atoms with Gasteiger partial charge in [-0.2, -0.15) is 0 Å². The Morgan fingerprint density at radius 2 is 1.77 bits per heavy atom. The molecule has 3 rings (SSSR count). The molecule has 0 bridgehead atoms. The summed E-state index contributed by atoms with van der Waals surface area (Å²) in [5.41, 5.74) is 0.590.